The first-order chi connectivity index (χ1) is 6.70. The molecular formula is C11H16BrNS. The summed E-state index contributed by atoms with van der Waals surface area (Å²) in [5.41, 5.74) is 0. The Morgan fingerprint density at radius 3 is 2.93 bits per heavy atom. The minimum absolute atomic E-state index is 0.507. The molecule has 0 radical (unpaired) electrons. The molecule has 14 heavy (non-hydrogen) atoms. The van der Waals surface area contributed by atoms with Crippen LogP contribution in [0.2, 0.25) is 0 Å². The maximum atomic E-state index is 3.67. The highest BCUT2D eigenvalue weighted by Crippen LogP contribution is 2.36. The molecule has 0 spiro atoms. The monoisotopic (exact) mass is 273 g/mol. The van der Waals surface area contributed by atoms with Crippen molar-refractivity contribution in [3.63, 3.8) is 0 Å². The molecule has 0 aliphatic heterocycles. The number of nitrogens with one attached hydrogen (secondary N) is 1. The van der Waals surface area contributed by atoms with Crippen molar-refractivity contribution >= 4 is 27.3 Å². The van der Waals surface area contributed by atoms with Crippen LogP contribution in [-0.4, -0.2) is 6.04 Å². The van der Waals surface area contributed by atoms with E-state index in [1.54, 1.807) is 0 Å². The van der Waals surface area contributed by atoms with E-state index in [0.717, 1.165) is 12.0 Å². The van der Waals surface area contributed by atoms with Gasteiger partial charge in [-0.15, -0.1) is 11.3 Å². The normalized spacial score (nSPS) is 27.6. The maximum absolute atomic E-state index is 3.67. The zero-order valence-electron chi connectivity index (χ0n) is 8.59. The van der Waals surface area contributed by atoms with Crippen LogP contribution in [0.4, 0.5) is 0 Å². The molecule has 78 valence electrons. The van der Waals surface area contributed by atoms with Gasteiger partial charge >= 0.3 is 0 Å². The molecule has 3 heteroatoms. The average Bonchev–Trinajstić information content (AvgIpc) is 2.77. The Bertz CT molecular complexity index is 310. The Hall–Kier alpha value is 0.140. The van der Waals surface area contributed by atoms with E-state index < -0.39 is 0 Å². The molecule has 3 atom stereocenters. The molecule has 0 bridgehead atoms. The Balaban J connectivity index is 1.87. The van der Waals surface area contributed by atoms with Gasteiger partial charge in [-0.2, -0.15) is 0 Å². The van der Waals surface area contributed by atoms with Gasteiger partial charge in [-0.3, -0.25) is 0 Å². The summed E-state index contributed by atoms with van der Waals surface area (Å²) in [6.07, 6.45) is 2.69. The van der Waals surface area contributed by atoms with E-state index in [4.69, 9.17) is 0 Å². The third-order valence-corrected chi connectivity index (χ3v) is 4.74. The molecule has 0 amide bonds. The van der Waals surface area contributed by atoms with Gasteiger partial charge in [0.05, 0.1) is 3.79 Å². The van der Waals surface area contributed by atoms with Crippen LogP contribution in [0, 0.1) is 5.92 Å². The standard InChI is InChI=1S/C11H16BrNS/c1-3-8-6-9(8)13-7(2)10-4-5-11(12)14-10/h4-5,7-9,13H,3,6H2,1-2H3. The molecule has 1 aromatic rings. The maximum Gasteiger partial charge on any atom is 0.0701 e. The van der Waals surface area contributed by atoms with Crippen LogP contribution in [0.25, 0.3) is 0 Å². The zero-order chi connectivity index (χ0) is 10.1. The summed E-state index contributed by atoms with van der Waals surface area (Å²) in [6.45, 7) is 4.53. The van der Waals surface area contributed by atoms with E-state index in [-0.39, 0.29) is 0 Å². The first-order valence-electron chi connectivity index (χ1n) is 5.22. The van der Waals surface area contributed by atoms with E-state index in [1.807, 2.05) is 11.3 Å². The predicted octanol–water partition coefficient (Wildman–Crippen LogP) is 3.96. The molecule has 1 heterocycles. The van der Waals surface area contributed by atoms with Crippen molar-refractivity contribution in [2.45, 2.75) is 38.8 Å². The molecule has 2 rings (SSSR count). The van der Waals surface area contributed by atoms with Gasteiger partial charge in [-0.05, 0) is 47.3 Å². The highest BCUT2D eigenvalue weighted by molar-refractivity contribution is 9.11. The van der Waals surface area contributed by atoms with Gasteiger partial charge in [0.2, 0.25) is 0 Å². The molecule has 0 saturated heterocycles. The molecule has 1 nitrogen and oxygen atoms in total. The van der Waals surface area contributed by atoms with Gasteiger partial charge in [0.1, 0.15) is 0 Å². The van der Waals surface area contributed by atoms with Gasteiger partial charge in [0.15, 0.2) is 0 Å². The minimum atomic E-state index is 0.507. The lowest BCUT2D eigenvalue weighted by Gasteiger charge is -2.11. The number of hydrogen-bond donors (Lipinski definition) is 1. The molecule has 1 fully saturated rings. The Morgan fingerprint density at radius 1 is 1.64 bits per heavy atom. The van der Waals surface area contributed by atoms with E-state index in [0.29, 0.717) is 6.04 Å². The molecular weight excluding hydrogens is 258 g/mol. The second-order valence-corrected chi connectivity index (χ2v) is 6.54. The number of halogens is 1. The van der Waals surface area contributed by atoms with Crippen LogP contribution < -0.4 is 5.32 Å². The van der Waals surface area contributed by atoms with Crippen LogP contribution in [0.15, 0.2) is 15.9 Å². The van der Waals surface area contributed by atoms with Gasteiger partial charge in [0, 0.05) is 17.0 Å². The van der Waals surface area contributed by atoms with E-state index in [9.17, 15) is 0 Å². The quantitative estimate of drug-likeness (QED) is 0.876. The van der Waals surface area contributed by atoms with Crippen molar-refractivity contribution in [1.82, 2.24) is 5.32 Å². The largest absolute Gasteiger partial charge is 0.306 e. The third-order valence-electron chi connectivity index (χ3n) is 2.93. The smallest absolute Gasteiger partial charge is 0.0701 e. The molecule has 1 aliphatic rings. The van der Waals surface area contributed by atoms with Crippen molar-refractivity contribution in [3.05, 3.63) is 20.8 Å². The summed E-state index contributed by atoms with van der Waals surface area (Å²) in [7, 11) is 0. The fourth-order valence-corrected chi connectivity index (χ4v) is 3.30. The van der Waals surface area contributed by atoms with Crippen LogP contribution in [0.3, 0.4) is 0 Å². The SMILES string of the molecule is CCC1CC1NC(C)c1ccc(Br)s1. The van der Waals surface area contributed by atoms with Gasteiger partial charge in [-0.25, -0.2) is 0 Å². The first kappa shape index (κ1) is 10.7. The van der Waals surface area contributed by atoms with Crippen LogP contribution >= 0.6 is 27.3 Å². The van der Waals surface area contributed by atoms with E-state index in [2.05, 4.69) is 47.2 Å². The summed E-state index contributed by atoms with van der Waals surface area (Å²) in [4.78, 5) is 1.43. The predicted molar refractivity (Wildman–Crippen MR) is 65.8 cm³/mol. The van der Waals surface area contributed by atoms with Crippen molar-refractivity contribution < 1.29 is 0 Å². The molecule has 1 N–H and O–H groups in total. The molecule has 1 aromatic heterocycles. The lowest BCUT2D eigenvalue weighted by Crippen LogP contribution is -2.21. The highest BCUT2D eigenvalue weighted by Gasteiger charge is 2.35. The van der Waals surface area contributed by atoms with Crippen molar-refractivity contribution in [2.75, 3.05) is 0 Å². The number of rotatable bonds is 4. The first-order valence-corrected chi connectivity index (χ1v) is 6.83. The van der Waals surface area contributed by atoms with Crippen LogP contribution in [-0.2, 0) is 0 Å². The number of hydrogen-bond acceptors (Lipinski definition) is 2. The summed E-state index contributed by atoms with van der Waals surface area (Å²) < 4.78 is 1.23. The van der Waals surface area contributed by atoms with Crippen molar-refractivity contribution in [1.29, 1.82) is 0 Å². The van der Waals surface area contributed by atoms with Gasteiger partial charge in [0.25, 0.3) is 0 Å². The van der Waals surface area contributed by atoms with E-state index in [1.165, 1.54) is 21.5 Å². The summed E-state index contributed by atoms with van der Waals surface area (Å²) in [5.74, 6) is 0.931. The van der Waals surface area contributed by atoms with Crippen molar-refractivity contribution in [3.8, 4) is 0 Å². The lowest BCUT2D eigenvalue weighted by molar-refractivity contribution is 0.545. The molecule has 0 aromatic carbocycles. The van der Waals surface area contributed by atoms with Crippen LogP contribution in [0.5, 0.6) is 0 Å². The van der Waals surface area contributed by atoms with E-state index >= 15 is 0 Å². The molecule has 1 aliphatic carbocycles. The molecule has 1 saturated carbocycles. The summed E-state index contributed by atoms with van der Waals surface area (Å²) in [5, 5.41) is 3.67. The fourth-order valence-electron chi connectivity index (χ4n) is 1.87. The second kappa shape index (κ2) is 4.33. The van der Waals surface area contributed by atoms with Crippen LogP contribution in [0.1, 0.15) is 37.6 Å². The molecule has 3 unspecified atom stereocenters. The summed E-state index contributed by atoms with van der Waals surface area (Å²) in [6, 6.07) is 5.61. The third kappa shape index (κ3) is 2.38. The fraction of sp³-hybridized carbons (Fsp3) is 0.636. The lowest BCUT2D eigenvalue weighted by atomic mass is 10.2. The Morgan fingerprint density at radius 2 is 2.43 bits per heavy atom. The Kier molecular flexibility index (Phi) is 3.30. The second-order valence-electron chi connectivity index (χ2n) is 4.04. The van der Waals surface area contributed by atoms with Gasteiger partial charge in [-0.1, -0.05) is 13.3 Å². The Labute approximate surface area is 98.0 Å². The van der Waals surface area contributed by atoms with Gasteiger partial charge < -0.3 is 5.32 Å². The van der Waals surface area contributed by atoms with Crippen molar-refractivity contribution in [2.24, 2.45) is 5.92 Å². The topological polar surface area (TPSA) is 12.0 Å². The zero-order valence-corrected chi connectivity index (χ0v) is 11.0. The number of thiophene rings is 1. The average molecular weight is 274 g/mol. The minimum Gasteiger partial charge on any atom is -0.306 e. The highest BCUT2D eigenvalue weighted by atomic mass is 79.9. The summed E-state index contributed by atoms with van der Waals surface area (Å²) >= 11 is 5.33.